The zero-order valence-corrected chi connectivity index (χ0v) is 14.8. The van der Waals surface area contributed by atoms with Crippen molar-refractivity contribution in [3.05, 3.63) is 66.0 Å². The maximum Gasteiger partial charge on any atom is 0.255 e. The second-order valence-corrected chi connectivity index (χ2v) is 6.53. The number of carbonyl (C=O) groups is 1. The van der Waals surface area contributed by atoms with Crippen LogP contribution in [0.25, 0.3) is 10.9 Å². The van der Waals surface area contributed by atoms with Crippen LogP contribution in [-0.4, -0.2) is 34.4 Å². The van der Waals surface area contributed by atoms with Crippen molar-refractivity contribution in [3.8, 4) is 5.88 Å². The number of aromatic nitrogens is 2. The van der Waals surface area contributed by atoms with Crippen LogP contribution in [0.3, 0.4) is 0 Å². The van der Waals surface area contributed by atoms with Gasteiger partial charge in [-0.25, -0.2) is 4.98 Å². The molecule has 1 fully saturated rings. The van der Waals surface area contributed by atoms with E-state index in [1.807, 2.05) is 41.4 Å². The van der Waals surface area contributed by atoms with Crippen molar-refractivity contribution in [3.63, 3.8) is 0 Å². The van der Waals surface area contributed by atoms with Gasteiger partial charge in [-0.2, -0.15) is 0 Å². The van der Waals surface area contributed by atoms with Gasteiger partial charge in [0.05, 0.1) is 24.2 Å². The average molecular weight is 347 g/mol. The molecule has 3 heterocycles. The highest BCUT2D eigenvalue weighted by Gasteiger charge is 2.30. The average Bonchev–Trinajstić information content (AvgIpc) is 2.73. The first-order valence-electron chi connectivity index (χ1n) is 8.92. The first-order chi connectivity index (χ1) is 12.8. The molecule has 1 saturated heterocycles. The maximum atomic E-state index is 13.5. The summed E-state index contributed by atoms with van der Waals surface area (Å²) >= 11 is 0. The smallest absolute Gasteiger partial charge is 0.255 e. The number of hydrogen-bond acceptors (Lipinski definition) is 4. The number of para-hydroxylation sites is 1. The molecule has 0 N–H and O–H groups in total. The van der Waals surface area contributed by atoms with Gasteiger partial charge in [0.25, 0.3) is 5.91 Å². The Morgan fingerprint density at radius 2 is 2.08 bits per heavy atom. The van der Waals surface area contributed by atoms with Gasteiger partial charge in [-0.05, 0) is 37.0 Å². The predicted octanol–water partition coefficient (Wildman–Crippen LogP) is 4.01. The van der Waals surface area contributed by atoms with E-state index >= 15 is 0 Å². The van der Waals surface area contributed by atoms with Crippen LogP contribution >= 0.6 is 0 Å². The van der Waals surface area contributed by atoms with Gasteiger partial charge in [-0.3, -0.25) is 9.78 Å². The lowest BCUT2D eigenvalue weighted by Crippen LogP contribution is -2.38. The molecule has 1 aliphatic rings. The Morgan fingerprint density at radius 3 is 2.88 bits per heavy atom. The topological polar surface area (TPSA) is 55.3 Å². The Kier molecular flexibility index (Phi) is 4.52. The van der Waals surface area contributed by atoms with Gasteiger partial charge in [0.1, 0.15) is 0 Å². The molecule has 2 aromatic heterocycles. The number of amides is 1. The van der Waals surface area contributed by atoms with Crippen LogP contribution in [-0.2, 0) is 0 Å². The fourth-order valence-corrected chi connectivity index (χ4v) is 3.68. The molecule has 0 saturated carbocycles. The largest absolute Gasteiger partial charge is 0.481 e. The van der Waals surface area contributed by atoms with Crippen LogP contribution < -0.4 is 4.74 Å². The summed E-state index contributed by atoms with van der Waals surface area (Å²) in [5, 5.41) is 0.855. The van der Waals surface area contributed by atoms with Crippen molar-refractivity contribution < 1.29 is 9.53 Å². The lowest BCUT2D eigenvalue weighted by atomic mass is 9.95. The van der Waals surface area contributed by atoms with Crippen molar-refractivity contribution in [2.45, 2.75) is 25.3 Å². The molecule has 3 aromatic rings. The minimum Gasteiger partial charge on any atom is -0.481 e. The zero-order chi connectivity index (χ0) is 17.9. The summed E-state index contributed by atoms with van der Waals surface area (Å²) in [5.74, 6) is 0.484. The normalized spacial score (nSPS) is 17.3. The molecule has 5 heteroatoms. The van der Waals surface area contributed by atoms with Crippen LogP contribution in [0.2, 0.25) is 0 Å². The first-order valence-corrected chi connectivity index (χ1v) is 8.92. The molecule has 0 aliphatic carbocycles. The SMILES string of the molecule is COc1cc(C(=O)N2CCCC[C@@H]2c2cccnc2)c2ccccc2n1. The highest BCUT2D eigenvalue weighted by molar-refractivity contribution is 6.06. The number of piperidine rings is 1. The van der Waals surface area contributed by atoms with Gasteiger partial charge in [0, 0.05) is 30.4 Å². The Labute approximate surface area is 152 Å². The molecular formula is C21H21N3O2. The molecule has 1 atom stereocenters. The number of fused-ring (bicyclic) bond motifs is 1. The standard InChI is InChI=1S/C21H21N3O2/c1-26-20-13-17(16-8-2-3-9-18(16)23-20)21(25)24-12-5-4-10-19(24)15-7-6-11-22-14-15/h2-3,6-9,11,13-14,19H,4-5,10,12H2,1H3/t19-/m1/s1. The number of hydrogen-bond donors (Lipinski definition) is 0. The number of rotatable bonds is 3. The fourth-order valence-electron chi connectivity index (χ4n) is 3.68. The molecule has 1 amide bonds. The van der Waals surface area contributed by atoms with Gasteiger partial charge >= 0.3 is 0 Å². The molecule has 0 radical (unpaired) electrons. The van der Waals surface area contributed by atoms with Crippen molar-refractivity contribution >= 4 is 16.8 Å². The van der Waals surface area contributed by atoms with Crippen molar-refractivity contribution in [2.24, 2.45) is 0 Å². The number of ether oxygens (including phenoxy) is 1. The van der Waals surface area contributed by atoms with Crippen molar-refractivity contribution in [1.29, 1.82) is 0 Å². The number of methoxy groups -OCH3 is 1. The summed E-state index contributed by atoms with van der Waals surface area (Å²) < 4.78 is 5.32. The number of benzene rings is 1. The summed E-state index contributed by atoms with van der Waals surface area (Å²) in [4.78, 5) is 24.2. The van der Waals surface area contributed by atoms with E-state index in [1.165, 1.54) is 0 Å². The van der Waals surface area contributed by atoms with E-state index in [9.17, 15) is 4.79 Å². The number of likely N-dealkylation sites (tertiary alicyclic amines) is 1. The highest BCUT2D eigenvalue weighted by atomic mass is 16.5. The predicted molar refractivity (Wildman–Crippen MR) is 100 cm³/mol. The third-order valence-electron chi connectivity index (χ3n) is 4.97. The van der Waals surface area contributed by atoms with E-state index in [-0.39, 0.29) is 11.9 Å². The third-order valence-corrected chi connectivity index (χ3v) is 4.97. The number of nitrogens with zero attached hydrogens (tertiary/aromatic N) is 3. The summed E-state index contributed by atoms with van der Waals surface area (Å²) in [5.41, 5.74) is 2.50. The van der Waals surface area contributed by atoms with Gasteiger partial charge in [-0.1, -0.05) is 24.3 Å². The summed E-state index contributed by atoms with van der Waals surface area (Å²) in [6, 6.07) is 13.5. The molecule has 1 aliphatic heterocycles. The summed E-state index contributed by atoms with van der Waals surface area (Å²) in [6.45, 7) is 0.747. The summed E-state index contributed by atoms with van der Waals surface area (Å²) in [7, 11) is 1.57. The quantitative estimate of drug-likeness (QED) is 0.718. The van der Waals surface area contributed by atoms with Crippen LogP contribution in [0.15, 0.2) is 54.9 Å². The zero-order valence-electron chi connectivity index (χ0n) is 14.8. The molecule has 5 nitrogen and oxygen atoms in total. The van der Waals surface area contributed by atoms with Crippen LogP contribution in [0.5, 0.6) is 5.88 Å². The molecule has 0 bridgehead atoms. The second-order valence-electron chi connectivity index (χ2n) is 6.53. The fraction of sp³-hybridized carbons (Fsp3) is 0.286. The molecule has 4 rings (SSSR count). The molecular weight excluding hydrogens is 326 g/mol. The lowest BCUT2D eigenvalue weighted by molar-refractivity contribution is 0.0613. The van der Waals surface area contributed by atoms with Crippen molar-refractivity contribution in [1.82, 2.24) is 14.9 Å². The molecule has 0 unspecified atom stereocenters. The van der Waals surface area contributed by atoms with Gasteiger partial charge in [0.2, 0.25) is 5.88 Å². The minimum absolute atomic E-state index is 0.0236. The van der Waals surface area contributed by atoms with E-state index in [4.69, 9.17) is 4.74 Å². The van der Waals surface area contributed by atoms with E-state index in [0.717, 1.165) is 42.3 Å². The van der Waals surface area contributed by atoms with Crippen molar-refractivity contribution in [2.75, 3.05) is 13.7 Å². The number of carbonyl (C=O) groups excluding carboxylic acids is 1. The van der Waals surface area contributed by atoms with E-state index in [2.05, 4.69) is 16.0 Å². The minimum atomic E-state index is 0.0236. The molecule has 132 valence electrons. The molecule has 0 spiro atoms. The monoisotopic (exact) mass is 347 g/mol. The third kappa shape index (κ3) is 3.01. The summed E-state index contributed by atoms with van der Waals surface area (Å²) in [6.07, 6.45) is 6.71. The Balaban J connectivity index is 1.77. The van der Waals surface area contributed by atoms with E-state index in [0.29, 0.717) is 11.4 Å². The molecule has 26 heavy (non-hydrogen) atoms. The molecule has 1 aromatic carbocycles. The van der Waals surface area contributed by atoms with Crippen LogP contribution in [0.4, 0.5) is 0 Å². The second kappa shape index (κ2) is 7.12. The Hall–Kier alpha value is -2.95. The maximum absolute atomic E-state index is 13.5. The van der Waals surface area contributed by atoms with Crippen LogP contribution in [0, 0.1) is 0 Å². The highest BCUT2D eigenvalue weighted by Crippen LogP contribution is 2.33. The van der Waals surface area contributed by atoms with Gasteiger partial charge in [-0.15, -0.1) is 0 Å². The van der Waals surface area contributed by atoms with Gasteiger partial charge < -0.3 is 9.64 Å². The van der Waals surface area contributed by atoms with E-state index < -0.39 is 0 Å². The lowest BCUT2D eigenvalue weighted by Gasteiger charge is -2.36. The van der Waals surface area contributed by atoms with Crippen LogP contribution in [0.1, 0.15) is 41.2 Å². The Bertz CT molecular complexity index is 927. The first kappa shape index (κ1) is 16.5. The number of pyridine rings is 2. The Morgan fingerprint density at radius 1 is 1.19 bits per heavy atom. The van der Waals surface area contributed by atoms with E-state index in [1.54, 1.807) is 19.4 Å². The van der Waals surface area contributed by atoms with Gasteiger partial charge in [0.15, 0.2) is 0 Å².